The van der Waals surface area contributed by atoms with Crippen LogP contribution in [-0.2, 0) is 80.6 Å². The van der Waals surface area contributed by atoms with Gasteiger partial charge in [0.25, 0.3) is 0 Å². The molecule has 20 N–H and O–H groups in total. The molecule has 0 bridgehead atoms. The number of hydrogen-bond acceptors (Lipinski definition) is 37. The maximum Gasteiger partial charge on any atom is 0.317 e. The maximum absolute atomic E-state index is 16.2. The Morgan fingerprint density at radius 2 is 1.04 bits per heavy atom. The minimum atomic E-state index is -2.29. The van der Waals surface area contributed by atoms with Crippen LogP contribution in [0.5, 0.6) is 0 Å². The normalized spacial score (nSPS) is 54.8. The first-order valence-electron chi connectivity index (χ1n) is 37.9. The number of ether oxygens (including phenoxy) is 15. The van der Waals surface area contributed by atoms with E-state index in [0.29, 0.717) is 32.1 Å². The minimum absolute atomic E-state index is 0.00586. The van der Waals surface area contributed by atoms with Crippen LogP contribution in [0.3, 0.4) is 0 Å². The van der Waals surface area contributed by atoms with Crippen LogP contribution in [0, 0.1) is 50.2 Å². The smallest absolute Gasteiger partial charge is 0.317 e. The van der Waals surface area contributed by atoms with E-state index in [1.807, 2.05) is 0 Å². The molecule has 0 aromatic rings. The van der Waals surface area contributed by atoms with Crippen molar-refractivity contribution in [3.8, 4) is 0 Å². The van der Waals surface area contributed by atoms with Crippen molar-refractivity contribution in [2.75, 3.05) is 39.6 Å². The Morgan fingerprint density at radius 3 is 1.66 bits per heavy atom. The lowest BCUT2D eigenvalue weighted by Gasteiger charge is -2.72. The van der Waals surface area contributed by atoms with Gasteiger partial charge in [-0.15, -0.1) is 0 Å². The third kappa shape index (κ3) is 14.7. The van der Waals surface area contributed by atoms with Crippen molar-refractivity contribution in [3.63, 3.8) is 0 Å². The van der Waals surface area contributed by atoms with Crippen LogP contribution in [0.4, 0.5) is 0 Å². The van der Waals surface area contributed by atoms with E-state index < -0.39 is 310 Å². The standard InChI is InChI=1S/C72H116O37/c1-26-39(81)41(83)45(87)59(97-26)104-52-33(79)22-95-58(49(52)91)103-50-27(2)98-60(47(89)43(50)85)107-55-54(106-64-56(92)71(94,24-76)25-96-64)51(100-29(4)77)28(3)99-63(55)109-65(93)72-16-15-66(5,6)17-31(72)30-11-12-37-67(7)18-32(78)57(68(8,23-75)36(67)13-14-69(37,9)70(30,10)19-38(72)80)108-62-48(90)44(86)53(35(21-74)102-62)105-61-46(88)42(84)40(82)34(20-73)101-61/h11,26-28,31-64,73-76,78-92,94H,12-25H2,1-10H3/t26-,27-,28+,31-,32-,33+,34+,35+,36?,37+,38+,39-,40+,41+,42-,43-,44+,45+,46+,47+,48+,49+,50-,51-,52-,53+,54-,55+,56-,57-,58-,59-,60-,61-,62-,63-,64-,67-,68-,69+,70+,71+,72+/m0/s1. The molecule has 7 heterocycles. The first-order chi connectivity index (χ1) is 51.0. The summed E-state index contributed by atoms with van der Waals surface area (Å²) < 4.78 is 90.7. The minimum Gasteiger partial charge on any atom is -0.457 e. The van der Waals surface area contributed by atoms with Crippen molar-refractivity contribution >= 4 is 11.9 Å². The summed E-state index contributed by atoms with van der Waals surface area (Å²) in [7, 11) is 0. The summed E-state index contributed by atoms with van der Waals surface area (Å²) >= 11 is 0. The lowest BCUT2D eigenvalue weighted by Crippen LogP contribution is -2.71. The predicted octanol–water partition coefficient (Wildman–Crippen LogP) is -6.72. The molecular formula is C72H116O37. The molecule has 5 aliphatic carbocycles. The highest BCUT2D eigenvalue weighted by atomic mass is 16.8. The molecule has 43 atom stereocenters. The molecule has 1 unspecified atom stereocenters. The van der Waals surface area contributed by atoms with Crippen molar-refractivity contribution in [1.82, 2.24) is 0 Å². The Bertz CT molecular complexity index is 3170. The predicted molar refractivity (Wildman–Crippen MR) is 358 cm³/mol. The lowest BCUT2D eigenvalue weighted by molar-refractivity contribution is -0.386. The van der Waals surface area contributed by atoms with E-state index in [2.05, 4.69) is 40.7 Å². The fourth-order valence-electron chi connectivity index (χ4n) is 20.9. The van der Waals surface area contributed by atoms with Gasteiger partial charge < -0.3 is 173 Å². The Hall–Kier alpha value is -2.64. The van der Waals surface area contributed by atoms with E-state index in [1.165, 1.54) is 20.8 Å². The summed E-state index contributed by atoms with van der Waals surface area (Å²) in [6.45, 7) is 13.0. The molecule has 12 aliphatic rings. The highest BCUT2D eigenvalue weighted by Crippen LogP contribution is 2.76. The molecule has 0 spiro atoms. The highest BCUT2D eigenvalue weighted by molar-refractivity contribution is 5.80. The molecule has 0 radical (unpaired) electrons. The SMILES string of the molecule is CC(=O)O[C@@H]1[C@H](O[C@@H]2OC[C@](O)(CO)[C@H]2O)[C@@H](O[C@@H]2O[C@@H](C)[C@H](O[C@@H]3OC[C@@H](O)[C@H](O[C@@H]4O[C@@H](C)[C@H](O)[C@@H](O)[C@H]4O)[C@H]3O)[C@@H](O)[C@H]2O)[C@H](OC(=O)[C@]23CCC(C)(C)C[C@H]2C2=CC[C@@H]4[C@@]5(C)C[C@H](O)[C@H](O[C@@H]6O[C@H](CO)[C@@H](O[C@@H]7O[C@H](CO)[C@@H](O)[C@H](O)[C@H]7O)[C@H](O)[C@H]6O)[C@@](C)(CO)C5CC[C@@]4(C)[C@]2(C)C[C@H]3O)O[C@@H]1C. The molecule has 0 aromatic carbocycles. The lowest BCUT2D eigenvalue weighted by atomic mass is 9.33. The molecule has 0 aromatic heterocycles. The number of aliphatic hydroxyl groups is 20. The number of allylic oxidation sites excluding steroid dienone is 2. The molecule has 12 rings (SSSR count). The number of hydrogen-bond donors (Lipinski definition) is 20. The van der Waals surface area contributed by atoms with Gasteiger partial charge in [0.2, 0.25) is 6.29 Å². The van der Waals surface area contributed by atoms with Crippen LogP contribution in [-0.4, -0.2) is 368 Å². The second-order valence-electron chi connectivity index (χ2n) is 34.6. The Kier molecular flexibility index (Phi) is 25.2. The summed E-state index contributed by atoms with van der Waals surface area (Å²) in [5.41, 5.74) is -7.33. The highest BCUT2D eigenvalue weighted by Gasteiger charge is 2.74. The monoisotopic (exact) mass is 1570 g/mol. The number of rotatable bonds is 19. The molecule has 11 fully saturated rings. The van der Waals surface area contributed by atoms with E-state index in [9.17, 15) is 107 Å². The van der Waals surface area contributed by atoms with Gasteiger partial charge in [0.05, 0.1) is 76.3 Å². The van der Waals surface area contributed by atoms with Crippen molar-refractivity contribution in [1.29, 1.82) is 0 Å². The van der Waals surface area contributed by atoms with E-state index in [1.54, 1.807) is 6.92 Å². The Labute approximate surface area is 629 Å². The fourth-order valence-corrected chi connectivity index (χ4v) is 20.9. The van der Waals surface area contributed by atoms with Gasteiger partial charge in [0.15, 0.2) is 49.9 Å². The summed E-state index contributed by atoms with van der Waals surface area (Å²) in [6, 6.07) is 0. The third-order valence-corrected chi connectivity index (χ3v) is 27.4. The Morgan fingerprint density at radius 1 is 0.486 bits per heavy atom. The van der Waals surface area contributed by atoms with E-state index >= 15 is 4.79 Å². The van der Waals surface area contributed by atoms with Gasteiger partial charge in [0, 0.05) is 12.3 Å². The zero-order chi connectivity index (χ0) is 79.8. The van der Waals surface area contributed by atoms with Crippen LogP contribution >= 0.6 is 0 Å². The van der Waals surface area contributed by atoms with Gasteiger partial charge in [-0.3, -0.25) is 9.59 Å². The summed E-state index contributed by atoms with van der Waals surface area (Å²) in [5.74, 6) is -3.31. The Balaban J connectivity index is 0.807. The summed E-state index contributed by atoms with van der Waals surface area (Å²) in [6.07, 6.45) is -53.6. The molecular weight excluding hydrogens is 1460 g/mol. The molecule has 7 aliphatic heterocycles. The number of carbonyl (C=O) groups is 2. The number of aliphatic hydroxyl groups excluding tert-OH is 19. The van der Waals surface area contributed by atoms with Gasteiger partial charge in [-0.2, -0.15) is 0 Å². The molecule has 37 nitrogen and oxygen atoms in total. The average Bonchev–Trinajstić information content (AvgIpc) is 0.955. The van der Waals surface area contributed by atoms with Crippen molar-refractivity contribution in [2.45, 2.75) is 335 Å². The molecule has 37 heteroatoms. The van der Waals surface area contributed by atoms with Crippen LogP contribution in [0.2, 0.25) is 0 Å². The molecule has 0 amide bonds. The van der Waals surface area contributed by atoms with E-state index in [-0.39, 0.29) is 25.2 Å². The van der Waals surface area contributed by atoms with Gasteiger partial charge in [-0.05, 0) is 112 Å². The third-order valence-electron chi connectivity index (χ3n) is 27.4. The van der Waals surface area contributed by atoms with Gasteiger partial charge >= 0.3 is 11.9 Å². The zero-order valence-electron chi connectivity index (χ0n) is 62.7. The topological polar surface area (TPSA) is 577 Å². The summed E-state index contributed by atoms with van der Waals surface area (Å²) in [4.78, 5) is 29.3. The first-order valence-corrected chi connectivity index (χ1v) is 37.9. The second kappa shape index (κ2) is 32.0. The zero-order valence-corrected chi connectivity index (χ0v) is 62.7. The first kappa shape index (κ1) is 85.7. The van der Waals surface area contributed by atoms with Gasteiger partial charge in [-0.25, -0.2) is 0 Å². The number of carbonyl (C=O) groups excluding carboxylic acids is 2. The van der Waals surface area contributed by atoms with Crippen LogP contribution in [0.15, 0.2) is 11.6 Å². The van der Waals surface area contributed by atoms with E-state index in [0.717, 1.165) is 12.5 Å². The van der Waals surface area contributed by atoms with Crippen LogP contribution < -0.4 is 0 Å². The van der Waals surface area contributed by atoms with Crippen LogP contribution in [0.25, 0.3) is 0 Å². The molecule has 109 heavy (non-hydrogen) atoms. The average molecular weight is 1570 g/mol. The fraction of sp³-hybridized carbons (Fsp3) is 0.944. The maximum atomic E-state index is 16.2. The van der Waals surface area contributed by atoms with Crippen molar-refractivity contribution in [3.05, 3.63) is 11.6 Å². The molecule has 4 saturated carbocycles. The van der Waals surface area contributed by atoms with E-state index in [4.69, 9.17) is 71.1 Å². The quantitative estimate of drug-likeness (QED) is 0.0325. The van der Waals surface area contributed by atoms with Crippen molar-refractivity contribution < 1.29 is 183 Å². The number of fused-ring (bicyclic) bond motifs is 7. The van der Waals surface area contributed by atoms with Gasteiger partial charge in [-0.1, -0.05) is 53.2 Å². The van der Waals surface area contributed by atoms with Gasteiger partial charge in [0.1, 0.15) is 127 Å². The number of esters is 2. The molecule has 7 saturated heterocycles. The van der Waals surface area contributed by atoms with Crippen LogP contribution in [0.1, 0.15) is 121 Å². The second-order valence-corrected chi connectivity index (χ2v) is 34.6. The summed E-state index contributed by atoms with van der Waals surface area (Å²) in [5, 5.41) is 224. The largest absolute Gasteiger partial charge is 0.457 e. The molecule has 626 valence electrons. The van der Waals surface area contributed by atoms with Crippen molar-refractivity contribution in [2.24, 2.45) is 50.2 Å².